The number of carbonyl (C=O) groups excluding carboxylic acids is 3. The second kappa shape index (κ2) is 14.4. The molecule has 2 atom stereocenters. The average Bonchev–Trinajstić information content (AvgIpc) is 2.89. The number of rotatable bonds is 12. The lowest BCUT2D eigenvalue weighted by Crippen LogP contribution is -2.59. The fourth-order valence-corrected chi connectivity index (χ4v) is 4.72. The third-order valence-corrected chi connectivity index (χ3v) is 7.37. The highest BCUT2D eigenvalue weighted by atomic mass is 32.2. The zero-order valence-corrected chi connectivity index (χ0v) is 26.0. The van der Waals surface area contributed by atoms with Gasteiger partial charge in [-0.3, -0.25) is 9.59 Å². The van der Waals surface area contributed by atoms with Crippen LogP contribution in [-0.2, 0) is 14.3 Å². The maximum absolute atomic E-state index is 14.5. The van der Waals surface area contributed by atoms with Crippen LogP contribution in [0.1, 0.15) is 77.1 Å². The van der Waals surface area contributed by atoms with Crippen LogP contribution in [0, 0.1) is 6.92 Å². The van der Waals surface area contributed by atoms with Gasteiger partial charge in [0.2, 0.25) is 5.91 Å². The van der Waals surface area contributed by atoms with Crippen molar-refractivity contribution in [1.29, 1.82) is 0 Å². The third-order valence-electron chi connectivity index (χ3n) is 6.73. The molecule has 2 aromatic rings. The third kappa shape index (κ3) is 9.15. The van der Waals surface area contributed by atoms with Gasteiger partial charge in [0.15, 0.2) is 0 Å². The Labute approximate surface area is 244 Å². The maximum Gasteiger partial charge on any atom is 0.408 e. The van der Waals surface area contributed by atoms with Gasteiger partial charge in [0.1, 0.15) is 17.7 Å². The van der Waals surface area contributed by atoms with Gasteiger partial charge in [-0.05, 0) is 95.2 Å². The van der Waals surface area contributed by atoms with E-state index in [1.807, 2.05) is 82.5 Å². The summed E-state index contributed by atoms with van der Waals surface area (Å²) < 4.78 is 5.49. The van der Waals surface area contributed by atoms with Crippen LogP contribution in [0.2, 0.25) is 0 Å². The minimum absolute atomic E-state index is 0.341. The van der Waals surface area contributed by atoms with E-state index in [2.05, 4.69) is 17.2 Å². The molecule has 3 amide bonds. The number of carbonyl (C=O) groups is 3. The maximum atomic E-state index is 14.5. The summed E-state index contributed by atoms with van der Waals surface area (Å²) in [7, 11) is 0. The predicted octanol–water partition coefficient (Wildman–Crippen LogP) is 6.98. The molecule has 8 heteroatoms. The molecule has 0 spiro atoms. The molecule has 2 N–H and O–H groups in total. The molecule has 2 unspecified atom stereocenters. The largest absolute Gasteiger partial charge is 0.444 e. The number of alkyl carbamates (subject to hydrolysis) is 1. The first-order chi connectivity index (χ1) is 18.7. The van der Waals surface area contributed by atoms with E-state index >= 15 is 0 Å². The van der Waals surface area contributed by atoms with Crippen LogP contribution in [-0.4, -0.2) is 52.0 Å². The Kier molecular flexibility index (Phi) is 11.9. The highest BCUT2D eigenvalue weighted by molar-refractivity contribution is 7.98. The van der Waals surface area contributed by atoms with Gasteiger partial charge in [-0.2, -0.15) is 11.8 Å². The van der Waals surface area contributed by atoms with Crippen LogP contribution in [0.3, 0.4) is 0 Å². The first kappa shape index (κ1) is 32.9. The van der Waals surface area contributed by atoms with E-state index in [0.29, 0.717) is 29.8 Å². The highest BCUT2D eigenvalue weighted by Crippen LogP contribution is 2.34. The topological polar surface area (TPSA) is 87.7 Å². The van der Waals surface area contributed by atoms with Gasteiger partial charge >= 0.3 is 6.09 Å². The number of hydrogen-bond acceptors (Lipinski definition) is 5. The number of benzene rings is 2. The van der Waals surface area contributed by atoms with Crippen LogP contribution in [0.5, 0.6) is 0 Å². The van der Waals surface area contributed by atoms with Crippen molar-refractivity contribution in [2.75, 3.05) is 17.3 Å². The molecule has 0 bridgehead atoms. The lowest BCUT2D eigenvalue weighted by Gasteiger charge is -2.44. The molecule has 7 nitrogen and oxygen atoms in total. The second-order valence-electron chi connectivity index (χ2n) is 11.4. The molecule has 0 aliphatic carbocycles. The standard InChI is InChI=1S/C32H45N3O4S/c1-10-23-16-14-17-24(21-23)27(28(36)33-25-18-13-12-15-22(25)3)35(32(7,8)11-2)29(37)26(19-20-40-9)34-30(38)39-31(4,5)6/h10,12-18,21,26-27H,1,11,19-20H2,2-9H3,(H,33,36)(H,34,38). The molecule has 0 fully saturated rings. The number of anilines is 1. The normalized spacial score (nSPS) is 13.1. The number of amides is 3. The highest BCUT2D eigenvalue weighted by Gasteiger charge is 2.43. The number of nitrogens with zero attached hydrogens (tertiary/aromatic N) is 1. The molecular formula is C32H45N3O4S. The van der Waals surface area contributed by atoms with E-state index < -0.39 is 29.3 Å². The summed E-state index contributed by atoms with van der Waals surface area (Å²) in [5.41, 5.74) is 1.61. The Bertz CT molecular complexity index is 1190. The zero-order valence-electron chi connectivity index (χ0n) is 25.2. The molecule has 0 aliphatic rings. The number of ether oxygens (including phenoxy) is 1. The second-order valence-corrected chi connectivity index (χ2v) is 12.4. The monoisotopic (exact) mass is 567 g/mol. The van der Waals surface area contributed by atoms with Crippen molar-refractivity contribution in [3.63, 3.8) is 0 Å². The lowest BCUT2D eigenvalue weighted by atomic mass is 9.91. The smallest absolute Gasteiger partial charge is 0.408 e. The molecular weight excluding hydrogens is 522 g/mol. The Hall–Kier alpha value is -3.26. The summed E-state index contributed by atoms with van der Waals surface area (Å²) in [5.74, 6) is -0.0505. The van der Waals surface area contributed by atoms with Crippen molar-refractivity contribution >= 4 is 41.4 Å². The Morgan fingerprint density at radius 1 is 1.07 bits per heavy atom. The van der Waals surface area contributed by atoms with E-state index in [1.165, 1.54) is 0 Å². The first-order valence-electron chi connectivity index (χ1n) is 13.6. The van der Waals surface area contributed by atoms with E-state index in [-0.39, 0.29) is 11.8 Å². The van der Waals surface area contributed by atoms with Crippen molar-refractivity contribution < 1.29 is 19.1 Å². The van der Waals surface area contributed by atoms with Crippen LogP contribution < -0.4 is 10.6 Å². The van der Waals surface area contributed by atoms with Gasteiger partial charge in [-0.15, -0.1) is 0 Å². The van der Waals surface area contributed by atoms with Gasteiger partial charge < -0.3 is 20.3 Å². The summed E-state index contributed by atoms with van der Waals surface area (Å²) in [6.45, 7) is 17.0. The van der Waals surface area contributed by atoms with Crippen LogP contribution in [0.25, 0.3) is 6.08 Å². The van der Waals surface area contributed by atoms with Crippen LogP contribution in [0.15, 0.2) is 55.1 Å². The number of aryl methyl sites for hydroxylation is 1. The van der Waals surface area contributed by atoms with Crippen molar-refractivity contribution in [2.45, 2.75) is 84.5 Å². The SMILES string of the molecule is C=Cc1cccc(C(C(=O)Nc2ccccc2C)N(C(=O)C(CCSC)NC(=O)OC(C)(C)C)C(C)(C)CC)c1. The Balaban J connectivity index is 2.67. The summed E-state index contributed by atoms with van der Waals surface area (Å²) in [4.78, 5) is 43.1. The first-order valence-corrected chi connectivity index (χ1v) is 15.0. The quantitative estimate of drug-likeness (QED) is 0.289. The molecule has 0 saturated heterocycles. The summed E-state index contributed by atoms with van der Waals surface area (Å²) >= 11 is 1.58. The van der Waals surface area contributed by atoms with Gasteiger partial charge in [0.25, 0.3) is 5.91 Å². The number of thioether (sulfide) groups is 1. The number of para-hydroxylation sites is 1. The Morgan fingerprint density at radius 2 is 1.75 bits per heavy atom. The number of hydrogen-bond donors (Lipinski definition) is 2. The molecule has 218 valence electrons. The van der Waals surface area contributed by atoms with Crippen molar-refractivity contribution in [1.82, 2.24) is 10.2 Å². The summed E-state index contributed by atoms with van der Waals surface area (Å²) in [6, 6.07) is 13.1. The van der Waals surface area contributed by atoms with Crippen LogP contribution >= 0.6 is 11.8 Å². The molecule has 2 aromatic carbocycles. The van der Waals surface area contributed by atoms with Crippen molar-refractivity contribution in [3.05, 3.63) is 71.8 Å². The van der Waals surface area contributed by atoms with Gasteiger partial charge in [-0.25, -0.2) is 4.79 Å². The average molecular weight is 568 g/mol. The van der Waals surface area contributed by atoms with Gasteiger partial charge in [-0.1, -0.05) is 56.0 Å². The van der Waals surface area contributed by atoms with E-state index in [0.717, 1.165) is 11.1 Å². The van der Waals surface area contributed by atoms with Gasteiger partial charge in [0, 0.05) is 11.2 Å². The number of nitrogens with one attached hydrogen (secondary N) is 2. The van der Waals surface area contributed by atoms with E-state index in [9.17, 15) is 14.4 Å². The van der Waals surface area contributed by atoms with Crippen molar-refractivity contribution in [2.24, 2.45) is 0 Å². The molecule has 2 rings (SSSR count). The van der Waals surface area contributed by atoms with Gasteiger partial charge in [0.05, 0.1) is 0 Å². The molecule has 0 saturated carbocycles. The molecule has 40 heavy (non-hydrogen) atoms. The predicted molar refractivity (Wildman–Crippen MR) is 166 cm³/mol. The van der Waals surface area contributed by atoms with E-state index in [1.54, 1.807) is 43.5 Å². The molecule has 0 heterocycles. The van der Waals surface area contributed by atoms with E-state index in [4.69, 9.17) is 4.74 Å². The summed E-state index contributed by atoms with van der Waals surface area (Å²) in [5, 5.41) is 5.85. The molecule has 0 aliphatic heterocycles. The summed E-state index contributed by atoms with van der Waals surface area (Å²) in [6.07, 6.45) is 3.95. The van der Waals surface area contributed by atoms with Crippen molar-refractivity contribution in [3.8, 4) is 0 Å². The fourth-order valence-electron chi connectivity index (χ4n) is 4.24. The Morgan fingerprint density at radius 3 is 2.33 bits per heavy atom. The zero-order chi connectivity index (χ0) is 30.1. The molecule has 0 radical (unpaired) electrons. The minimum atomic E-state index is -0.973. The van der Waals surface area contributed by atoms with Crippen LogP contribution in [0.4, 0.5) is 10.5 Å². The fraction of sp³-hybridized carbons (Fsp3) is 0.469. The minimum Gasteiger partial charge on any atom is -0.444 e. The lowest BCUT2D eigenvalue weighted by molar-refractivity contribution is -0.147. The molecule has 0 aromatic heterocycles.